The quantitative estimate of drug-likeness (QED) is 0.0838. The Morgan fingerprint density at radius 2 is 1.68 bits per heavy atom. The highest BCUT2D eigenvalue weighted by Gasteiger charge is 2.34. The molecule has 3 saturated heterocycles. The van der Waals surface area contributed by atoms with E-state index in [4.69, 9.17) is 5.41 Å². The SMILES string of the molecule is CN/C=C(\C=N)c1cc2c(cc1C(F)F)N(C(=N)C1=C(NC3CCN(CCN4CCC(CCc5cccc6c5n(C)c(=O)n6C5CCC(=O)NC5=O)CC4)CC3)CCN(C(C)=O)C1)CCC2. The first kappa shape index (κ1) is 46.8. The molecule has 3 fully saturated rings. The average molecular weight is 910 g/mol. The minimum atomic E-state index is -2.76. The van der Waals surface area contributed by atoms with Gasteiger partial charge in [-0.2, -0.15) is 0 Å². The first-order valence-corrected chi connectivity index (χ1v) is 23.8. The van der Waals surface area contributed by atoms with Crippen molar-refractivity contribution in [2.45, 2.75) is 96.1 Å². The number of rotatable bonds is 14. The van der Waals surface area contributed by atoms with Gasteiger partial charge in [-0.1, -0.05) is 12.1 Å². The number of carbonyl (C=O) groups excluding carboxylic acids is 3. The summed E-state index contributed by atoms with van der Waals surface area (Å²) in [5, 5.41) is 26.5. The van der Waals surface area contributed by atoms with E-state index in [2.05, 4.69) is 31.8 Å². The molecule has 0 bridgehead atoms. The molecule has 5 N–H and O–H groups in total. The number of anilines is 1. The monoisotopic (exact) mass is 910 g/mol. The molecule has 1 atom stereocenters. The summed E-state index contributed by atoms with van der Waals surface area (Å²) in [4.78, 5) is 59.2. The summed E-state index contributed by atoms with van der Waals surface area (Å²) in [5.41, 5.74) is 6.14. The molecule has 0 aliphatic carbocycles. The third-order valence-corrected chi connectivity index (χ3v) is 14.7. The number of piperidine rings is 3. The number of imidazole rings is 1. The van der Waals surface area contributed by atoms with E-state index in [1.807, 2.05) is 17.0 Å². The van der Waals surface area contributed by atoms with Crippen LogP contribution in [0.5, 0.6) is 0 Å². The lowest BCUT2D eigenvalue weighted by molar-refractivity contribution is -0.135. The second-order valence-electron chi connectivity index (χ2n) is 18.7. The van der Waals surface area contributed by atoms with Crippen LogP contribution >= 0.6 is 0 Å². The number of amidine groups is 1. The molecule has 8 rings (SSSR count). The Morgan fingerprint density at radius 3 is 2.35 bits per heavy atom. The van der Waals surface area contributed by atoms with Crippen LogP contribution < -0.4 is 26.5 Å². The van der Waals surface area contributed by atoms with Crippen molar-refractivity contribution in [1.29, 1.82) is 10.8 Å². The number of aryl methyl sites for hydroxylation is 3. The van der Waals surface area contributed by atoms with Gasteiger partial charge >= 0.3 is 5.69 Å². The molecule has 1 unspecified atom stereocenters. The number of nitrogens with one attached hydrogen (secondary N) is 5. The molecule has 6 heterocycles. The number of alkyl halides is 2. The van der Waals surface area contributed by atoms with E-state index >= 15 is 0 Å². The third-order valence-electron chi connectivity index (χ3n) is 14.7. The molecule has 17 heteroatoms. The van der Waals surface area contributed by atoms with Crippen LogP contribution in [0, 0.1) is 16.7 Å². The summed E-state index contributed by atoms with van der Waals surface area (Å²) in [5.74, 6) is 0.0552. The fourth-order valence-electron chi connectivity index (χ4n) is 10.9. The molecule has 0 saturated carbocycles. The molecular formula is C49H65F2N11O4. The molecule has 5 aliphatic heterocycles. The van der Waals surface area contributed by atoms with Crippen LogP contribution in [0.2, 0.25) is 0 Å². The second kappa shape index (κ2) is 20.5. The normalized spacial score (nSPS) is 20.8. The lowest BCUT2D eigenvalue weighted by Crippen LogP contribution is -2.48. The Hall–Kier alpha value is -5.68. The third kappa shape index (κ3) is 9.87. The van der Waals surface area contributed by atoms with Crippen LogP contribution in [-0.2, 0) is 34.3 Å². The van der Waals surface area contributed by atoms with E-state index < -0.39 is 18.4 Å². The molecule has 15 nitrogen and oxygen atoms in total. The molecule has 66 heavy (non-hydrogen) atoms. The summed E-state index contributed by atoms with van der Waals surface area (Å²) in [7, 11) is 3.44. The van der Waals surface area contributed by atoms with Crippen LogP contribution in [-0.4, -0.2) is 126 Å². The van der Waals surface area contributed by atoms with Gasteiger partial charge in [0.25, 0.3) is 6.43 Å². The fraction of sp³-hybridized carbons (Fsp3) is 0.551. The van der Waals surface area contributed by atoms with Crippen molar-refractivity contribution in [1.82, 2.24) is 39.8 Å². The number of aromatic nitrogens is 2. The Kier molecular flexibility index (Phi) is 14.5. The number of allylic oxidation sites excluding steroid dienone is 1. The van der Waals surface area contributed by atoms with Crippen LogP contribution in [0.25, 0.3) is 16.6 Å². The van der Waals surface area contributed by atoms with Gasteiger partial charge in [0.05, 0.1) is 17.6 Å². The summed E-state index contributed by atoms with van der Waals surface area (Å²) < 4.78 is 32.3. The molecular weight excluding hydrogens is 845 g/mol. The van der Waals surface area contributed by atoms with Gasteiger partial charge < -0.3 is 35.6 Å². The van der Waals surface area contributed by atoms with Gasteiger partial charge in [0.2, 0.25) is 17.7 Å². The first-order valence-electron chi connectivity index (χ1n) is 23.8. The number of halogens is 2. The van der Waals surface area contributed by atoms with Gasteiger partial charge in [0.15, 0.2) is 0 Å². The number of para-hydroxylation sites is 1. The van der Waals surface area contributed by atoms with Gasteiger partial charge in [-0.05, 0) is 112 Å². The van der Waals surface area contributed by atoms with E-state index in [0.29, 0.717) is 55.1 Å². The summed E-state index contributed by atoms with van der Waals surface area (Å²) >= 11 is 0. The standard InChI is InChI=1S/C49H65F2N11O4/c1-31(63)60-23-17-40(39(30-60)47(53)61-18-5-7-34-26-37(35(28-52)29-54-2)38(46(50)51)27-43(34)61)55-36-15-21-59(22-16-36)25-24-58-19-13-32(14-20-58)9-10-33-6-4-8-41-45(33)57(3)49(66)62(41)42-11-12-44(64)56-48(42)65/h4,6,8,26-29,32,36,42,46,52-55H,5,7,9-25,30H2,1-3H3,(H,56,64,65)/b35-29+,52-28?,53-47?. The molecule has 0 radical (unpaired) electrons. The van der Waals surface area contributed by atoms with E-state index in [-0.39, 0.29) is 47.9 Å². The zero-order chi connectivity index (χ0) is 46.6. The summed E-state index contributed by atoms with van der Waals surface area (Å²) in [6.45, 7) is 8.97. The van der Waals surface area contributed by atoms with E-state index in [9.17, 15) is 33.4 Å². The zero-order valence-electron chi connectivity index (χ0n) is 38.6. The van der Waals surface area contributed by atoms with Gasteiger partial charge in [-0.25, -0.2) is 13.6 Å². The van der Waals surface area contributed by atoms with Gasteiger partial charge in [0.1, 0.15) is 11.9 Å². The molecule has 3 amide bonds. The maximum Gasteiger partial charge on any atom is 0.329 e. The lowest BCUT2D eigenvalue weighted by Gasteiger charge is -2.39. The van der Waals surface area contributed by atoms with Crippen molar-refractivity contribution < 1.29 is 23.2 Å². The predicted molar refractivity (Wildman–Crippen MR) is 253 cm³/mol. The zero-order valence-corrected chi connectivity index (χ0v) is 38.6. The minimum absolute atomic E-state index is 0.0560. The number of imide groups is 1. The van der Waals surface area contributed by atoms with Crippen molar-refractivity contribution in [3.63, 3.8) is 0 Å². The van der Waals surface area contributed by atoms with Gasteiger partial charge in [-0.15, -0.1) is 0 Å². The first-order chi connectivity index (χ1) is 31.8. The molecule has 0 spiro atoms. The molecule has 5 aliphatic rings. The number of hydrogen-bond acceptors (Lipinski definition) is 10. The van der Waals surface area contributed by atoms with Crippen molar-refractivity contribution in [2.75, 3.05) is 70.9 Å². The highest BCUT2D eigenvalue weighted by molar-refractivity contribution is 6.11. The predicted octanol–water partition coefficient (Wildman–Crippen LogP) is 5.10. The number of likely N-dealkylation sites (tertiary alicyclic amines) is 2. The summed E-state index contributed by atoms with van der Waals surface area (Å²) in [6, 6.07) is 8.72. The number of carbonyl (C=O) groups is 3. The maximum absolute atomic E-state index is 14.6. The molecule has 2 aromatic carbocycles. The number of benzene rings is 2. The highest BCUT2D eigenvalue weighted by Crippen LogP contribution is 2.38. The van der Waals surface area contributed by atoms with Crippen molar-refractivity contribution in [2.24, 2.45) is 13.0 Å². The fourth-order valence-corrected chi connectivity index (χ4v) is 10.9. The topological polar surface area (TPSA) is 175 Å². The Labute approximate surface area is 385 Å². The van der Waals surface area contributed by atoms with Crippen molar-refractivity contribution in [3.05, 3.63) is 80.5 Å². The van der Waals surface area contributed by atoms with Crippen LogP contribution in [0.3, 0.4) is 0 Å². The number of hydrogen-bond donors (Lipinski definition) is 5. The van der Waals surface area contributed by atoms with Crippen LogP contribution in [0.4, 0.5) is 14.5 Å². The Morgan fingerprint density at radius 1 is 0.955 bits per heavy atom. The van der Waals surface area contributed by atoms with Crippen LogP contribution in [0.1, 0.15) is 99.4 Å². The van der Waals surface area contributed by atoms with Crippen molar-refractivity contribution in [3.8, 4) is 0 Å². The largest absolute Gasteiger partial charge is 0.393 e. The highest BCUT2D eigenvalue weighted by atomic mass is 19.3. The Bertz CT molecular complexity index is 2480. The van der Waals surface area contributed by atoms with E-state index in [1.165, 1.54) is 6.07 Å². The van der Waals surface area contributed by atoms with Gasteiger partial charge in [-0.3, -0.25) is 34.2 Å². The number of amides is 3. The van der Waals surface area contributed by atoms with Crippen LogP contribution in [0.15, 0.2) is 52.6 Å². The molecule has 1 aromatic heterocycles. The number of fused-ring (bicyclic) bond motifs is 2. The summed E-state index contributed by atoms with van der Waals surface area (Å²) in [6.07, 6.45) is 8.48. The molecule has 354 valence electrons. The van der Waals surface area contributed by atoms with Gasteiger partial charge in [0, 0.05) is 120 Å². The smallest absolute Gasteiger partial charge is 0.329 e. The minimum Gasteiger partial charge on any atom is -0.393 e. The van der Waals surface area contributed by atoms with Crippen molar-refractivity contribution >= 4 is 52.1 Å². The lowest BCUT2D eigenvalue weighted by atomic mass is 9.90. The number of nitrogens with zero attached hydrogens (tertiary/aromatic N) is 6. The maximum atomic E-state index is 14.6. The van der Waals surface area contributed by atoms with E-state index in [0.717, 1.165) is 124 Å². The average Bonchev–Trinajstić information content (AvgIpc) is 3.57. The van der Waals surface area contributed by atoms with E-state index in [1.54, 1.807) is 47.3 Å². The Balaban J connectivity index is 0.842. The second-order valence-corrected chi connectivity index (χ2v) is 18.7. The molecule has 3 aromatic rings.